The van der Waals surface area contributed by atoms with E-state index in [4.69, 9.17) is 21.4 Å². The quantitative estimate of drug-likeness (QED) is 0.0915. The van der Waals surface area contributed by atoms with Crippen molar-refractivity contribution in [1.82, 2.24) is 24.4 Å². The zero-order chi connectivity index (χ0) is 27.3. The molecule has 0 saturated carbocycles. The molecule has 0 radical (unpaired) electrons. The second-order valence-corrected chi connectivity index (χ2v) is 8.13. The predicted molar refractivity (Wildman–Crippen MR) is 128 cm³/mol. The molecule has 0 saturated heterocycles. The first-order valence-electron chi connectivity index (χ1n) is 10.6. The van der Waals surface area contributed by atoms with E-state index >= 15 is 0 Å². The number of carboxylic acids is 1. The van der Waals surface area contributed by atoms with Crippen LogP contribution in [0, 0.1) is 19.3 Å². The fourth-order valence-electron chi connectivity index (χ4n) is 3.18. The van der Waals surface area contributed by atoms with Crippen LogP contribution in [-0.2, 0) is 11.3 Å². The monoisotopic (exact) mass is 507 g/mol. The lowest BCUT2D eigenvalue weighted by Crippen LogP contribution is -2.42. The van der Waals surface area contributed by atoms with Gasteiger partial charge in [-0.05, 0) is 37.1 Å². The van der Waals surface area contributed by atoms with Gasteiger partial charge in [-0.2, -0.15) is 4.98 Å². The third-order valence-electron chi connectivity index (χ3n) is 5.35. The summed E-state index contributed by atoms with van der Waals surface area (Å²) >= 11 is 0. The molecule has 15 nitrogen and oxygen atoms in total. The van der Waals surface area contributed by atoms with Crippen LogP contribution >= 0.6 is 0 Å². The molecule has 3 rings (SSSR count). The zero-order valence-corrected chi connectivity index (χ0v) is 19.8. The molecule has 3 atom stereocenters. The van der Waals surface area contributed by atoms with Gasteiger partial charge >= 0.3 is 11.7 Å². The van der Waals surface area contributed by atoms with Gasteiger partial charge in [-0.15, -0.1) is 0 Å². The first-order chi connectivity index (χ1) is 16.8. The smallest absolute Gasteiger partial charge is 0.349 e. The van der Waals surface area contributed by atoms with E-state index < -0.39 is 42.1 Å². The Kier molecular flexibility index (Phi) is 9.18. The largest absolute Gasteiger partial charge is 0.480 e. The molecule has 0 spiro atoms. The van der Waals surface area contributed by atoms with E-state index in [1.807, 2.05) is 13.8 Å². The van der Waals surface area contributed by atoms with Gasteiger partial charge in [0.2, 0.25) is 0 Å². The average Bonchev–Trinajstić information content (AvgIpc) is 2.79. The van der Waals surface area contributed by atoms with Crippen molar-refractivity contribution in [3.63, 3.8) is 0 Å². The molecule has 0 aromatic heterocycles. The van der Waals surface area contributed by atoms with E-state index in [2.05, 4.69) is 15.0 Å². The summed E-state index contributed by atoms with van der Waals surface area (Å²) in [4.78, 5) is 45.0. The molecular weight excluding hydrogens is 478 g/mol. The van der Waals surface area contributed by atoms with Gasteiger partial charge in [0.25, 0.3) is 5.56 Å². The Balaban J connectivity index is 0.000000434. The fourth-order valence-corrected chi connectivity index (χ4v) is 3.18. The number of likely N-dealkylation sites (N-methyl/N-ethyl adjacent to an activating group) is 1. The number of nitrogens with one attached hydrogen (secondary N) is 2. The van der Waals surface area contributed by atoms with E-state index in [1.165, 1.54) is 11.6 Å². The molecule has 36 heavy (non-hydrogen) atoms. The highest BCUT2D eigenvalue weighted by atomic mass is 16.4. The van der Waals surface area contributed by atoms with Crippen molar-refractivity contribution < 1.29 is 30.3 Å². The number of aryl methyl sites for hydroxylation is 2. The lowest BCUT2D eigenvalue weighted by molar-refractivity contribution is -0.137. The molecule has 0 amide bonds. The number of aliphatic carboxylic acids is 1. The topological polar surface area (TPSA) is 252 Å². The SMILES string of the molecule is CN(CC(=O)O)C(=N)N.Cc1cc2nc3c(=O)[nH]c(=O)nc-3n(C[C@H](O)[C@H](O)[C@H](O)CO)c2cc1C. The second-order valence-electron chi connectivity index (χ2n) is 8.13. The van der Waals surface area contributed by atoms with Gasteiger partial charge in [0.15, 0.2) is 17.5 Å². The number of benzene rings is 1. The van der Waals surface area contributed by atoms with E-state index in [1.54, 1.807) is 12.1 Å². The minimum Gasteiger partial charge on any atom is -0.480 e. The minimum absolute atomic E-state index is 0.0516. The molecule has 0 aliphatic carbocycles. The van der Waals surface area contributed by atoms with Crippen molar-refractivity contribution >= 4 is 23.0 Å². The third-order valence-corrected chi connectivity index (χ3v) is 5.35. The number of nitrogens with zero attached hydrogens (tertiary/aromatic N) is 4. The lowest BCUT2D eigenvalue weighted by atomic mass is 10.1. The summed E-state index contributed by atoms with van der Waals surface area (Å²) in [7, 11) is 1.44. The summed E-state index contributed by atoms with van der Waals surface area (Å²) in [5, 5.41) is 53.7. The molecule has 15 heteroatoms. The highest BCUT2D eigenvalue weighted by Gasteiger charge is 2.27. The third kappa shape index (κ3) is 6.60. The Morgan fingerprint density at radius 2 is 1.78 bits per heavy atom. The summed E-state index contributed by atoms with van der Waals surface area (Å²) in [5.74, 6) is -1.28. The van der Waals surface area contributed by atoms with Gasteiger partial charge < -0.3 is 40.7 Å². The number of H-pyrrole nitrogens is 1. The number of nitrogens with two attached hydrogens (primary N) is 1. The Bertz CT molecular complexity index is 1340. The number of fused-ring (bicyclic) bond motifs is 2. The maximum atomic E-state index is 12.2. The molecule has 2 aliphatic rings. The van der Waals surface area contributed by atoms with Crippen molar-refractivity contribution in [3.8, 4) is 11.5 Å². The number of carbonyl (C=O) groups is 1. The van der Waals surface area contributed by atoms with Gasteiger partial charge in [0.1, 0.15) is 24.9 Å². The first kappa shape index (κ1) is 28.3. The lowest BCUT2D eigenvalue weighted by Gasteiger charge is -2.25. The fraction of sp³-hybridized carbons (Fsp3) is 0.429. The Morgan fingerprint density at radius 1 is 1.17 bits per heavy atom. The molecule has 0 bridgehead atoms. The Morgan fingerprint density at radius 3 is 2.31 bits per heavy atom. The molecule has 2 aliphatic heterocycles. The number of aliphatic hydroxyl groups is 4. The molecule has 1 aromatic carbocycles. The van der Waals surface area contributed by atoms with Gasteiger partial charge in [0, 0.05) is 7.05 Å². The number of aliphatic hydroxyl groups excluding tert-OH is 4. The van der Waals surface area contributed by atoms with Crippen LogP contribution in [0.5, 0.6) is 0 Å². The average molecular weight is 508 g/mol. The maximum Gasteiger partial charge on any atom is 0.349 e. The van der Waals surface area contributed by atoms with Crippen LogP contribution in [0.1, 0.15) is 11.1 Å². The van der Waals surface area contributed by atoms with Gasteiger partial charge in [-0.3, -0.25) is 20.0 Å². The Labute approximate surface area is 203 Å². The van der Waals surface area contributed by atoms with Crippen LogP contribution in [0.4, 0.5) is 0 Å². The summed E-state index contributed by atoms with van der Waals surface area (Å²) < 4.78 is 1.40. The summed E-state index contributed by atoms with van der Waals surface area (Å²) in [6.07, 6.45) is -4.68. The molecule has 2 heterocycles. The van der Waals surface area contributed by atoms with Crippen LogP contribution in [-0.4, -0.2) is 100 Å². The van der Waals surface area contributed by atoms with E-state index in [9.17, 15) is 29.7 Å². The van der Waals surface area contributed by atoms with Crippen molar-refractivity contribution in [2.24, 2.45) is 5.73 Å². The standard InChI is InChI=1S/C17H20N4O6.C4H9N3O2/c1-7-3-9-10(4-8(7)2)21(5-11(23)14(25)12(24)6-22)15-13(18-9)16(26)20-17(27)19-15;1-7(4(5)6)2-3(8)9/h3-4,11-12,14,22-25H,5-6H2,1-2H3,(H,20,26,27);2H2,1H3,(H3,5,6)(H,8,9)/t11-,12+,14-;/m0./s1. The van der Waals surface area contributed by atoms with Crippen LogP contribution in [0.15, 0.2) is 21.7 Å². The second kappa shape index (κ2) is 11.7. The molecule has 1 aromatic rings. The first-order valence-corrected chi connectivity index (χ1v) is 10.6. The zero-order valence-electron chi connectivity index (χ0n) is 19.8. The van der Waals surface area contributed by atoms with Crippen molar-refractivity contribution in [1.29, 1.82) is 5.41 Å². The summed E-state index contributed by atoms with van der Waals surface area (Å²) in [5.41, 5.74) is 6.04. The number of rotatable bonds is 7. The summed E-state index contributed by atoms with van der Waals surface area (Å²) in [6, 6.07) is 3.53. The number of aromatic amines is 1. The van der Waals surface area contributed by atoms with Crippen LogP contribution in [0.3, 0.4) is 0 Å². The molecule has 196 valence electrons. The minimum atomic E-state index is -1.64. The molecular formula is C21H29N7O8. The summed E-state index contributed by atoms with van der Waals surface area (Å²) in [6.45, 7) is 2.50. The van der Waals surface area contributed by atoms with Crippen LogP contribution in [0.25, 0.3) is 22.6 Å². The number of aromatic nitrogens is 4. The number of guanidine groups is 1. The predicted octanol–water partition coefficient (Wildman–Crippen LogP) is -2.83. The maximum absolute atomic E-state index is 12.2. The van der Waals surface area contributed by atoms with Crippen molar-refractivity contribution in [3.05, 3.63) is 44.1 Å². The van der Waals surface area contributed by atoms with E-state index in [0.717, 1.165) is 16.0 Å². The Hall–Kier alpha value is -3.92. The normalized spacial score (nSPS) is 13.5. The highest BCUT2D eigenvalue weighted by Crippen LogP contribution is 2.24. The van der Waals surface area contributed by atoms with Crippen molar-refractivity contribution in [2.45, 2.75) is 38.7 Å². The number of hydrogen-bond acceptors (Lipinski definition) is 10. The van der Waals surface area contributed by atoms with E-state index in [0.29, 0.717) is 11.0 Å². The van der Waals surface area contributed by atoms with Crippen LogP contribution < -0.4 is 17.0 Å². The van der Waals surface area contributed by atoms with E-state index in [-0.39, 0.29) is 30.6 Å². The van der Waals surface area contributed by atoms with Gasteiger partial charge in [0.05, 0.1) is 24.2 Å². The number of carboxylic acid groups (broad SMARTS) is 1. The molecule has 0 fully saturated rings. The van der Waals surface area contributed by atoms with Gasteiger partial charge in [-0.25, -0.2) is 9.78 Å². The molecule has 9 N–H and O–H groups in total. The van der Waals surface area contributed by atoms with Crippen molar-refractivity contribution in [2.75, 3.05) is 20.2 Å². The van der Waals surface area contributed by atoms with Gasteiger partial charge in [-0.1, -0.05) is 0 Å². The number of hydrogen-bond donors (Lipinski definition) is 8. The highest BCUT2D eigenvalue weighted by molar-refractivity contribution is 5.81. The molecule has 0 unspecified atom stereocenters. The van der Waals surface area contributed by atoms with Crippen LogP contribution in [0.2, 0.25) is 0 Å².